The zero-order valence-corrected chi connectivity index (χ0v) is 15.7. The quantitative estimate of drug-likeness (QED) is 0.843. The highest BCUT2D eigenvalue weighted by atomic mass is 19.1. The first-order valence-corrected chi connectivity index (χ1v) is 9.58. The summed E-state index contributed by atoms with van der Waals surface area (Å²) in [7, 11) is 0. The van der Waals surface area contributed by atoms with Crippen molar-refractivity contribution in [2.75, 3.05) is 24.6 Å². The molecular formula is C20H29FN2O3. The van der Waals surface area contributed by atoms with Crippen LogP contribution in [0.4, 0.5) is 10.1 Å². The molecule has 2 aliphatic heterocycles. The number of nitrogens with one attached hydrogen (secondary N) is 1. The third-order valence-electron chi connectivity index (χ3n) is 4.98. The van der Waals surface area contributed by atoms with E-state index in [1.807, 2.05) is 24.8 Å². The molecule has 0 aromatic heterocycles. The first-order valence-electron chi connectivity index (χ1n) is 9.58. The second-order valence-electron chi connectivity index (χ2n) is 7.40. The number of carbonyl (C=O) groups is 1. The van der Waals surface area contributed by atoms with E-state index in [0.717, 1.165) is 31.4 Å². The minimum absolute atomic E-state index is 0.0131. The van der Waals surface area contributed by atoms with Crippen molar-refractivity contribution in [1.82, 2.24) is 5.32 Å². The zero-order valence-electron chi connectivity index (χ0n) is 15.7. The van der Waals surface area contributed by atoms with Gasteiger partial charge in [-0.05, 0) is 50.8 Å². The highest BCUT2D eigenvalue weighted by Gasteiger charge is 2.24. The van der Waals surface area contributed by atoms with E-state index in [9.17, 15) is 9.18 Å². The normalized spacial score (nSPS) is 26.1. The van der Waals surface area contributed by atoms with Crippen LogP contribution in [0, 0.1) is 5.82 Å². The molecule has 3 atom stereocenters. The lowest BCUT2D eigenvalue weighted by molar-refractivity contribution is -0.121. The van der Waals surface area contributed by atoms with Gasteiger partial charge in [0.2, 0.25) is 5.91 Å². The van der Waals surface area contributed by atoms with Crippen LogP contribution in [0.1, 0.15) is 45.1 Å². The second-order valence-corrected chi connectivity index (χ2v) is 7.40. The Hall–Kier alpha value is -1.66. The van der Waals surface area contributed by atoms with Gasteiger partial charge in [0.05, 0.1) is 24.0 Å². The van der Waals surface area contributed by atoms with Gasteiger partial charge in [-0.1, -0.05) is 6.07 Å². The monoisotopic (exact) mass is 364 g/mol. The average Bonchev–Trinajstić information content (AvgIpc) is 3.11. The van der Waals surface area contributed by atoms with E-state index >= 15 is 0 Å². The Morgan fingerprint density at radius 2 is 2.08 bits per heavy atom. The summed E-state index contributed by atoms with van der Waals surface area (Å²) >= 11 is 0. The molecule has 2 saturated heterocycles. The standard InChI is InChI=1S/C20H29FN2O3/c1-14-12-23(13-15(2)26-14)19-7-5-16(10-18(19)21)11-22-20(24)8-6-17-4-3-9-25-17/h5,7,10,14-15,17H,3-4,6,8-9,11-13H2,1-2H3,(H,22,24)/t14-,15+,17-/m1/s1. The van der Waals surface area contributed by atoms with Gasteiger partial charge in [0, 0.05) is 32.7 Å². The lowest BCUT2D eigenvalue weighted by Gasteiger charge is -2.37. The van der Waals surface area contributed by atoms with Crippen molar-refractivity contribution < 1.29 is 18.7 Å². The fourth-order valence-electron chi connectivity index (χ4n) is 3.74. The number of benzene rings is 1. The summed E-state index contributed by atoms with van der Waals surface area (Å²) in [5, 5.41) is 2.87. The van der Waals surface area contributed by atoms with Crippen LogP contribution in [0.3, 0.4) is 0 Å². The van der Waals surface area contributed by atoms with Crippen molar-refractivity contribution in [3.63, 3.8) is 0 Å². The minimum Gasteiger partial charge on any atom is -0.378 e. The van der Waals surface area contributed by atoms with Gasteiger partial charge in [-0.3, -0.25) is 4.79 Å². The lowest BCUT2D eigenvalue weighted by atomic mass is 10.1. The molecule has 2 aliphatic rings. The Kier molecular flexibility index (Phi) is 6.48. The van der Waals surface area contributed by atoms with E-state index in [2.05, 4.69) is 5.32 Å². The molecule has 1 aromatic carbocycles. The highest BCUT2D eigenvalue weighted by molar-refractivity contribution is 5.75. The Morgan fingerprint density at radius 1 is 1.31 bits per heavy atom. The van der Waals surface area contributed by atoms with Crippen LogP contribution in [0.15, 0.2) is 18.2 Å². The van der Waals surface area contributed by atoms with Crippen LogP contribution < -0.4 is 10.2 Å². The fraction of sp³-hybridized carbons (Fsp3) is 0.650. The van der Waals surface area contributed by atoms with Crippen molar-refractivity contribution in [3.05, 3.63) is 29.6 Å². The van der Waals surface area contributed by atoms with Gasteiger partial charge in [0.15, 0.2) is 0 Å². The summed E-state index contributed by atoms with van der Waals surface area (Å²) in [4.78, 5) is 14.0. The van der Waals surface area contributed by atoms with E-state index in [1.54, 1.807) is 6.07 Å². The van der Waals surface area contributed by atoms with Gasteiger partial charge in [-0.2, -0.15) is 0 Å². The molecule has 1 aromatic rings. The maximum absolute atomic E-state index is 14.6. The first kappa shape index (κ1) is 19.1. The molecule has 0 radical (unpaired) electrons. The van der Waals surface area contributed by atoms with Crippen molar-refractivity contribution in [2.24, 2.45) is 0 Å². The molecule has 0 bridgehead atoms. The van der Waals surface area contributed by atoms with Crippen LogP contribution in [0.25, 0.3) is 0 Å². The average molecular weight is 364 g/mol. The van der Waals surface area contributed by atoms with Gasteiger partial charge >= 0.3 is 0 Å². The molecule has 6 heteroatoms. The number of ether oxygens (including phenoxy) is 2. The molecule has 0 aliphatic carbocycles. The number of carbonyl (C=O) groups excluding carboxylic acids is 1. The zero-order chi connectivity index (χ0) is 18.5. The maximum Gasteiger partial charge on any atom is 0.220 e. The summed E-state index contributed by atoms with van der Waals surface area (Å²) < 4.78 is 25.8. The van der Waals surface area contributed by atoms with Crippen LogP contribution in [-0.2, 0) is 20.8 Å². The topological polar surface area (TPSA) is 50.8 Å². The molecule has 144 valence electrons. The minimum atomic E-state index is -0.252. The predicted octanol–water partition coefficient (Wildman–Crippen LogP) is 3.01. The Balaban J connectivity index is 1.50. The number of rotatable bonds is 6. The molecule has 3 rings (SSSR count). The highest BCUT2D eigenvalue weighted by Crippen LogP contribution is 2.24. The van der Waals surface area contributed by atoms with Crippen LogP contribution >= 0.6 is 0 Å². The number of morpholine rings is 1. The molecule has 1 amide bonds. The van der Waals surface area contributed by atoms with E-state index in [-0.39, 0.29) is 30.0 Å². The summed E-state index contributed by atoms with van der Waals surface area (Å²) in [5.41, 5.74) is 1.37. The summed E-state index contributed by atoms with van der Waals surface area (Å²) in [6.07, 6.45) is 3.72. The van der Waals surface area contributed by atoms with Crippen LogP contribution in [-0.4, -0.2) is 43.9 Å². The molecule has 0 spiro atoms. The number of hydrogen-bond donors (Lipinski definition) is 1. The van der Waals surface area contributed by atoms with E-state index in [4.69, 9.17) is 9.47 Å². The SMILES string of the molecule is C[C@@H]1CN(c2ccc(CNC(=O)CC[C@H]3CCCO3)cc2F)C[C@H](C)O1. The van der Waals surface area contributed by atoms with E-state index in [1.165, 1.54) is 6.07 Å². The van der Waals surface area contributed by atoms with Gasteiger partial charge in [-0.15, -0.1) is 0 Å². The van der Waals surface area contributed by atoms with Gasteiger partial charge in [-0.25, -0.2) is 4.39 Å². The third-order valence-corrected chi connectivity index (χ3v) is 4.98. The predicted molar refractivity (Wildman–Crippen MR) is 98.7 cm³/mol. The Bertz CT molecular complexity index is 609. The lowest BCUT2D eigenvalue weighted by Crippen LogP contribution is -2.45. The van der Waals surface area contributed by atoms with Crippen LogP contribution in [0.5, 0.6) is 0 Å². The number of anilines is 1. The molecule has 1 N–H and O–H groups in total. The van der Waals surface area contributed by atoms with Crippen molar-refractivity contribution in [1.29, 1.82) is 0 Å². The summed E-state index contributed by atoms with van der Waals surface area (Å²) in [6.45, 7) is 6.51. The van der Waals surface area contributed by atoms with E-state index in [0.29, 0.717) is 31.7 Å². The fourth-order valence-corrected chi connectivity index (χ4v) is 3.74. The Morgan fingerprint density at radius 3 is 2.73 bits per heavy atom. The molecule has 26 heavy (non-hydrogen) atoms. The maximum atomic E-state index is 14.6. The molecule has 0 unspecified atom stereocenters. The summed E-state index contributed by atoms with van der Waals surface area (Å²) in [5.74, 6) is -0.266. The smallest absolute Gasteiger partial charge is 0.220 e. The second kappa shape index (κ2) is 8.82. The van der Waals surface area contributed by atoms with Gasteiger partial charge < -0.3 is 19.7 Å². The van der Waals surface area contributed by atoms with Crippen molar-refractivity contribution >= 4 is 11.6 Å². The van der Waals surface area contributed by atoms with Crippen molar-refractivity contribution in [2.45, 2.75) is 64.4 Å². The number of nitrogens with zero attached hydrogens (tertiary/aromatic N) is 1. The third kappa shape index (κ3) is 5.17. The largest absolute Gasteiger partial charge is 0.378 e. The Labute approximate surface area is 154 Å². The molecule has 2 fully saturated rings. The first-order chi connectivity index (χ1) is 12.5. The number of hydrogen-bond acceptors (Lipinski definition) is 4. The van der Waals surface area contributed by atoms with Crippen LogP contribution in [0.2, 0.25) is 0 Å². The summed E-state index contributed by atoms with van der Waals surface area (Å²) in [6, 6.07) is 5.19. The van der Waals surface area contributed by atoms with Gasteiger partial charge in [0.25, 0.3) is 0 Å². The van der Waals surface area contributed by atoms with Gasteiger partial charge in [0.1, 0.15) is 5.82 Å². The molecule has 5 nitrogen and oxygen atoms in total. The van der Waals surface area contributed by atoms with Crippen molar-refractivity contribution in [3.8, 4) is 0 Å². The number of amides is 1. The molecule has 2 heterocycles. The molecular weight excluding hydrogens is 335 g/mol. The number of halogens is 1. The van der Waals surface area contributed by atoms with E-state index < -0.39 is 0 Å². The molecule has 0 saturated carbocycles.